The lowest BCUT2D eigenvalue weighted by Crippen LogP contribution is -2.45. The maximum atomic E-state index is 12.8. The molecule has 1 fully saturated rings. The van der Waals surface area contributed by atoms with E-state index in [1.165, 1.54) is 18.1 Å². The standard InChI is InChI=1S/C24H29BrN6O3S/c1-24(2,3)22(32)30-7-4-5-14(11-30)6-8-31-21-19(20(26)27-12-28-21)29-23(31)35-18-10-17-16(9-15(18)25)33-13-34-17/h9-10,12,14H,4-8,11,13H2,1-3H3,(H2,26,27,28). The van der Waals surface area contributed by atoms with Crippen molar-refractivity contribution in [2.24, 2.45) is 11.3 Å². The Bertz CT molecular complexity index is 1270. The summed E-state index contributed by atoms with van der Waals surface area (Å²) >= 11 is 5.16. The molecule has 186 valence electrons. The molecule has 3 aromatic rings. The lowest BCUT2D eigenvalue weighted by molar-refractivity contribution is -0.141. The summed E-state index contributed by atoms with van der Waals surface area (Å²) in [5.41, 5.74) is 7.09. The number of hydrogen-bond acceptors (Lipinski definition) is 8. The third kappa shape index (κ3) is 4.93. The van der Waals surface area contributed by atoms with Crippen LogP contribution in [0.4, 0.5) is 5.82 Å². The molecule has 2 aliphatic rings. The highest BCUT2D eigenvalue weighted by atomic mass is 79.9. The minimum atomic E-state index is -0.362. The molecular formula is C24H29BrN6O3S. The van der Waals surface area contributed by atoms with Crippen molar-refractivity contribution in [2.75, 3.05) is 25.6 Å². The fourth-order valence-electron chi connectivity index (χ4n) is 4.56. The van der Waals surface area contributed by atoms with Crippen LogP contribution in [-0.2, 0) is 11.3 Å². The average Bonchev–Trinajstić information content (AvgIpc) is 3.41. The van der Waals surface area contributed by atoms with Gasteiger partial charge in [0.1, 0.15) is 6.33 Å². The van der Waals surface area contributed by atoms with E-state index < -0.39 is 0 Å². The molecule has 35 heavy (non-hydrogen) atoms. The minimum Gasteiger partial charge on any atom is -0.454 e. The van der Waals surface area contributed by atoms with Gasteiger partial charge in [-0.2, -0.15) is 0 Å². The zero-order chi connectivity index (χ0) is 24.7. The highest BCUT2D eigenvalue weighted by molar-refractivity contribution is 9.10. The molecule has 2 N–H and O–H groups in total. The molecule has 0 saturated carbocycles. The van der Waals surface area contributed by atoms with Gasteiger partial charge >= 0.3 is 0 Å². The van der Waals surface area contributed by atoms with E-state index in [4.69, 9.17) is 20.2 Å². The summed E-state index contributed by atoms with van der Waals surface area (Å²) in [6.07, 6.45) is 4.52. The summed E-state index contributed by atoms with van der Waals surface area (Å²) < 4.78 is 14.0. The molecule has 1 saturated heterocycles. The number of carbonyl (C=O) groups is 1. The maximum absolute atomic E-state index is 12.8. The Hall–Kier alpha value is -2.53. The number of rotatable bonds is 5. The summed E-state index contributed by atoms with van der Waals surface area (Å²) in [7, 11) is 0. The normalized spacial score (nSPS) is 17.8. The number of anilines is 1. The second-order valence-corrected chi connectivity index (χ2v) is 11.9. The Balaban J connectivity index is 1.39. The van der Waals surface area contributed by atoms with Gasteiger partial charge in [-0.05, 0) is 53.2 Å². The number of nitrogen functional groups attached to an aromatic ring is 1. The summed E-state index contributed by atoms with van der Waals surface area (Å²) in [6, 6.07) is 3.86. The van der Waals surface area contributed by atoms with E-state index >= 15 is 0 Å². The molecule has 2 aromatic heterocycles. The Morgan fingerprint density at radius 1 is 1.26 bits per heavy atom. The predicted octanol–water partition coefficient (Wildman–Crippen LogP) is 4.73. The van der Waals surface area contributed by atoms with Crippen LogP contribution in [0.5, 0.6) is 11.5 Å². The number of aromatic nitrogens is 4. The first-order valence-corrected chi connectivity index (χ1v) is 13.3. The number of piperidine rings is 1. The average molecular weight is 562 g/mol. The number of fused-ring (bicyclic) bond motifs is 2. The first kappa shape index (κ1) is 24.2. The lowest BCUT2D eigenvalue weighted by Gasteiger charge is -2.36. The van der Waals surface area contributed by atoms with Gasteiger partial charge in [-0.1, -0.05) is 32.5 Å². The molecule has 1 unspecified atom stereocenters. The first-order chi connectivity index (χ1) is 16.7. The summed E-state index contributed by atoms with van der Waals surface area (Å²) in [5.74, 6) is 2.43. The zero-order valence-electron chi connectivity index (χ0n) is 20.1. The molecule has 1 aromatic carbocycles. The zero-order valence-corrected chi connectivity index (χ0v) is 22.5. The molecule has 4 heterocycles. The number of likely N-dealkylation sites (tertiary alicyclic amines) is 1. The quantitative estimate of drug-likeness (QED) is 0.477. The second kappa shape index (κ2) is 9.50. The van der Waals surface area contributed by atoms with E-state index in [2.05, 4.69) is 30.5 Å². The van der Waals surface area contributed by atoms with Gasteiger partial charge in [0.15, 0.2) is 33.6 Å². The number of halogens is 1. The third-order valence-corrected chi connectivity index (χ3v) is 8.33. The molecule has 1 amide bonds. The topological polar surface area (TPSA) is 108 Å². The number of aryl methyl sites for hydroxylation is 1. The van der Waals surface area contributed by atoms with E-state index in [1.54, 1.807) is 0 Å². The van der Waals surface area contributed by atoms with Crippen molar-refractivity contribution in [3.63, 3.8) is 0 Å². The van der Waals surface area contributed by atoms with E-state index in [0.29, 0.717) is 23.0 Å². The molecule has 2 aliphatic heterocycles. The van der Waals surface area contributed by atoms with Crippen molar-refractivity contribution in [2.45, 2.75) is 56.6 Å². The number of nitrogens with zero attached hydrogens (tertiary/aromatic N) is 5. The highest BCUT2D eigenvalue weighted by Gasteiger charge is 2.31. The van der Waals surface area contributed by atoms with Crippen molar-refractivity contribution in [1.29, 1.82) is 0 Å². The number of imidazole rings is 1. The minimum absolute atomic E-state index is 0.219. The largest absolute Gasteiger partial charge is 0.454 e. The Labute approximate surface area is 216 Å². The van der Waals surface area contributed by atoms with Gasteiger partial charge in [-0.15, -0.1) is 0 Å². The van der Waals surface area contributed by atoms with Crippen LogP contribution < -0.4 is 15.2 Å². The highest BCUT2D eigenvalue weighted by Crippen LogP contribution is 2.43. The van der Waals surface area contributed by atoms with Gasteiger partial charge in [-0.3, -0.25) is 4.79 Å². The Morgan fingerprint density at radius 2 is 2.03 bits per heavy atom. The van der Waals surface area contributed by atoms with Crippen LogP contribution in [0.1, 0.15) is 40.0 Å². The Kier molecular flexibility index (Phi) is 6.56. The van der Waals surface area contributed by atoms with Crippen molar-refractivity contribution in [3.05, 3.63) is 22.9 Å². The number of ether oxygens (including phenoxy) is 2. The van der Waals surface area contributed by atoms with E-state index in [1.807, 2.05) is 37.8 Å². The predicted molar refractivity (Wildman–Crippen MR) is 137 cm³/mol. The fourth-order valence-corrected chi connectivity index (χ4v) is 6.07. The Morgan fingerprint density at radius 3 is 2.80 bits per heavy atom. The number of hydrogen-bond donors (Lipinski definition) is 1. The summed E-state index contributed by atoms with van der Waals surface area (Å²) in [6.45, 7) is 8.52. The lowest BCUT2D eigenvalue weighted by atomic mass is 9.90. The fraction of sp³-hybridized carbons (Fsp3) is 0.500. The molecule has 0 aliphatic carbocycles. The van der Waals surface area contributed by atoms with Crippen molar-refractivity contribution >= 4 is 50.6 Å². The van der Waals surface area contributed by atoms with E-state index in [0.717, 1.165) is 64.8 Å². The van der Waals surface area contributed by atoms with Gasteiger partial charge in [-0.25, -0.2) is 15.0 Å². The van der Waals surface area contributed by atoms with Crippen LogP contribution in [-0.4, -0.2) is 50.2 Å². The third-order valence-electron chi connectivity index (χ3n) is 6.36. The molecule has 11 heteroatoms. The van der Waals surface area contributed by atoms with Gasteiger partial charge in [0.25, 0.3) is 0 Å². The molecule has 0 spiro atoms. The van der Waals surface area contributed by atoms with Crippen LogP contribution in [0.25, 0.3) is 11.2 Å². The number of nitrogens with two attached hydrogens (primary N) is 1. The molecule has 5 rings (SSSR count). The summed E-state index contributed by atoms with van der Waals surface area (Å²) in [5, 5.41) is 0.783. The SMILES string of the molecule is CC(C)(C)C(=O)N1CCCC(CCn2c(Sc3cc4c(cc3Br)OCO4)nc3c(N)ncnc32)C1. The maximum Gasteiger partial charge on any atom is 0.231 e. The van der Waals surface area contributed by atoms with Crippen LogP contribution >= 0.6 is 27.7 Å². The molecule has 1 atom stereocenters. The van der Waals surface area contributed by atoms with Gasteiger partial charge in [0.2, 0.25) is 12.7 Å². The van der Waals surface area contributed by atoms with Gasteiger partial charge in [0, 0.05) is 34.4 Å². The van der Waals surface area contributed by atoms with Crippen LogP contribution in [0.3, 0.4) is 0 Å². The van der Waals surface area contributed by atoms with E-state index in [9.17, 15) is 4.79 Å². The van der Waals surface area contributed by atoms with Crippen LogP contribution in [0.2, 0.25) is 0 Å². The van der Waals surface area contributed by atoms with E-state index in [-0.39, 0.29) is 18.1 Å². The smallest absolute Gasteiger partial charge is 0.231 e. The number of benzene rings is 1. The van der Waals surface area contributed by atoms with Crippen LogP contribution in [0, 0.1) is 11.3 Å². The van der Waals surface area contributed by atoms with Gasteiger partial charge < -0.3 is 24.7 Å². The second-order valence-electron chi connectivity index (χ2n) is 10.0. The monoisotopic (exact) mass is 560 g/mol. The molecular weight excluding hydrogens is 532 g/mol. The first-order valence-electron chi connectivity index (χ1n) is 11.7. The molecule has 0 bridgehead atoms. The van der Waals surface area contributed by atoms with Crippen LogP contribution in [0.15, 0.2) is 33.0 Å². The van der Waals surface area contributed by atoms with Gasteiger partial charge in [0.05, 0.1) is 0 Å². The van der Waals surface area contributed by atoms with Crippen molar-refractivity contribution in [3.8, 4) is 11.5 Å². The number of carbonyl (C=O) groups excluding carboxylic acids is 1. The van der Waals surface area contributed by atoms with Crippen molar-refractivity contribution < 1.29 is 14.3 Å². The molecule has 0 radical (unpaired) electrons. The summed E-state index contributed by atoms with van der Waals surface area (Å²) in [4.78, 5) is 29.2. The number of amides is 1. The molecule has 9 nitrogen and oxygen atoms in total. The van der Waals surface area contributed by atoms with Crippen molar-refractivity contribution in [1.82, 2.24) is 24.4 Å².